The van der Waals surface area contributed by atoms with Crippen molar-refractivity contribution >= 4 is 22.4 Å². The summed E-state index contributed by atoms with van der Waals surface area (Å²) in [5, 5.41) is 14.6. The first-order valence-corrected chi connectivity index (χ1v) is 6.65. The molecule has 2 rings (SSSR count). The van der Waals surface area contributed by atoms with Crippen molar-refractivity contribution in [2.45, 2.75) is 26.3 Å². The van der Waals surface area contributed by atoms with Gasteiger partial charge in [-0.3, -0.25) is 10.1 Å². The first kappa shape index (κ1) is 13.4. The molecule has 0 atom stereocenters. The smallest absolute Gasteiger partial charge is 0.274 e. The zero-order valence-electron chi connectivity index (χ0n) is 10.7. The number of nitro benzene ring substituents is 1. The third-order valence-electron chi connectivity index (χ3n) is 2.58. The van der Waals surface area contributed by atoms with Crippen LogP contribution in [-0.4, -0.2) is 14.3 Å². The lowest BCUT2D eigenvalue weighted by molar-refractivity contribution is -0.385. The summed E-state index contributed by atoms with van der Waals surface area (Å²) in [6.07, 6.45) is 0. The molecule has 0 bridgehead atoms. The van der Waals surface area contributed by atoms with E-state index in [4.69, 9.17) is 0 Å². The standard InChI is InChI=1S/C12H14N4O2S/c1-8(2)11-14-12(19-15-11)13-7-9-5-3-4-6-10(9)16(17)18/h3-6,8H,7H2,1-2H3,(H,13,14,15). The second-order valence-corrected chi connectivity index (χ2v) is 5.10. The topological polar surface area (TPSA) is 81.0 Å². The van der Waals surface area contributed by atoms with Crippen LogP contribution in [0.15, 0.2) is 24.3 Å². The van der Waals surface area contributed by atoms with Crippen LogP contribution in [0, 0.1) is 10.1 Å². The Kier molecular flexibility index (Phi) is 4.06. The molecular formula is C12H14N4O2S. The van der Waals surface area contributed by atoms with Gasteiger partial charge in [-0.1, -0.05) is 32.0 Å². The third kappa shape index (κ3) is 3.25. The van der Waals surface area contributed by atoms with Crippen LogP contribution in [0.4, 0.5) is 10.8 Å². The first-order chi connectivity index (χ1) is 9.08. The van der Waals surface area contributed by atoms with Gasteiger partial charge in [-0.2, -0.15) is 4.37 Å². The van der Waals surface area contributed by atoms with Crippen molar-refractivity contribution < 1.29 is 4.92 Å². The van der Waals surface area contributed by atoms with Crippen LogP contribution in [0.2, 0.25) is 0 Å². The van der Waals surface area contributed by atoms with Crippen molar-refractivity contribution in [3.63, 3.8) is 0 Å². The number of nitrogens with zero attached hydrogens (tertiary/aromatic N) is 3. The Bertz CT molecular complexity index is 583. The van der Waals surface area contributed by atoms with Crippen molar-refractivity contribution in [1.82, 2.24) is 9.36 Å². The molecule has 2 aromatic rings. The van der Waals surface area contributed by atoms with Gasteiger partial charge in [-0.15, -0.1) is 0 Å². The van der Waals surface area contributed by atoms with E-state index in [1.165, 1.54) is 17.6 Å². The summed E-state index contributed by atoms with van der Waals surface area (Å²) in [4.78, 5) is 14.8. The molecule has 1 N–H and O–H groups in total. The number of rotatable bonds is 5. The summed E-state index contributed by atoms with van der Waals surface area (Å²) in [5.41, 5.74) is 0.748. The summed E-state index contributed by atoms with van der Waals surface area (Å²) < 4.78 is 4.22. The van der Waals surface area contributed by atoms with E-state index in [9.17, 15) is 10.1 Å². The van der Waals surface area contributed by atoms with E-state index in [0.717, 1.165) is 5.82 Å². The molecule has 0 aliphatic heterocycles. The number of anilines is 1. The zero-order chi connectivity index (χ0) is 13.8. The molecule has 7 heteroatoms. The molecule has 0 spiro atoms. The second-order valence-electron chi connectivity index (χ2n) is 4.35. The number of nitro groups is 1. The molecule has 0 unspecified atom stereocenters. The Morgan fingerprint density at radius 3 is 2.79 bits per heavy atom. The van der Waals surface area contributed by atoms with Gasteiger partial charge in [-0.05, 0) is 0 Å². The SMILES string of the molecule is CC(C)c1nsc(NCc2ccccc2[N+](=O)[O-])n1. The van der Waals surface area contributed by atoms with Gasteiger partial charge in [0.2, 0.25) is 5.13 Å². The van der Waals surface area contributed by atoms with Crippen LogP contribution in [0.25, 0.3) is 0 Å². The molecule has 0 saturated carbocycles. The predicted octanol–water partition coefficient (Wildman–Crippen LogP) is 3.18. The summed E-state index contributed by atoms with van der Waals surface area (Å²) in [5.74, 6) is 1.06. The highest BCUT2D eigenvalue weighted by Crippen LogP contribution is 2.21. The van der Waals surface area contributed by atoms with E-state index >= 15 is 0 Å². The van der Waals surface area contributed by atoms with Gasteiger partial charge >= 0.3 is 0 Å². The molecule has 0 fully saturated rings. The number of hydrogen-bond acceptors (Lipinski definition) is 6. The number of para-hydroxylation sites is 1. The van der Waals surface area contributed by atoms with E-state index < -0.39 is 0 Å². The molecule has 0 radical (unpaired) electrons. The minimum atomic E-state index is -0.378. The average Bonchev–Trinajstić information content (AvgIpc) is 2.85. The van der Waals surface area contributed by atoms with Gasteiger partial charge < -0.3 is 5.32 Å². The molecule has 0 aliphatic carbocycles. The molecule has 1 aromatic heterocycles. The summed E-state index contributed by atoms with van der Waals surface area (Å²) >= 11 is 1.27. The first-order valence-electron chi connectivity index (χ1n) is 5.87. The van der Waals surface area contributed by atoms with Crippen molar-refractivity contribution in [3.05, 3.63) is 45.8 Å². The lowest BCUT2D eigenvalue weighted by atomic mass is 10.2. The van der Waals surface area contributed by atoms with Gasteiger partial charge in [0.15, 0.2) is 0 Å². The van der Waals surface area contributed by atoms with E-state index in [1.54, 1.807) is 18.2 Å². The van der Waals surface area contributed by atoms with Crippen LogP contribution in [-0.2, 0) is 6.54 Å². The van der Waals surface area contributed by atoms with Crippen LogP contribution in [0.1, 0.15) is 31.2 Å². The van der Waals surface area contributed by atoms with Crippen molar-refractivity contribution in [3.8, 4) is 0 Å². The molecule has 0 saturated heterocycles. The van der Waals surface area contributed by atoms with Crippen molar-refractivity contribution in [2.24, 2.45) is 0 Å². The van der Waals surface area contributed by atoms with E-state index in [1.807, 2.05) is 13.8 Å². The van der Waals surface area contributed by atoms with Crippen LogP contribution < -0.4 is 5.32 Å². The van der Waals surface area contributed by atoms with E-state index in [2.05, 4.69) is 14.7 Å². The number of hydrogen-bond donors (Lipinski definition) is 1. The molecule has 19 heavy (non-hydrogen) atoms. The molecule has 6 nitrogen and oxygen atoms in total. The maximum Gasteiger partial charge on any atom is 0.274 e. The summed E-state index contributed by atoms with van der Waals surface area (Å²) in [7, 11) is 0. The van der Waals surface area contributed by atoms with Crippen LogP contribution >= 0.6 is 11.5 Å². The number of benzene rings is 1. The Morgan fingerprint density at radius 1 is 1.42 bits per heavy atom. The molecule has 100 valence electrons. The van der Waals surface area contributed by atoms with Crippen LogP contribution in [0.5, 0.6) is 0 Å². The lowest BCUT2D eigenvalue weighted by Gasteiger charge is -2.03. The zero-order valence-corrected chi connectivity index (χ0v) is 11.5. The predicted molar refractivity (Wildman–Crippen MR) is 74.4 cm³/mol. The molecule has 1 aromatic carbocycles. The highest BCUT2D eigenvalue weighted by Gasteiger charge is 2.13. The van der Waals surface area contributed by atoms with Crippen molar-refractivity contribution in [1.29, 1.82) is 0 Å². The highest BCUT2D eigenvalue weighted by molar-refractivity contribution is 7.09. The molecule has 0 aliphatic rings. The van der Waals surface area contributed by atoms with Crippen LogP contribution in [0.3, 0.4) is 0 Å². The maximum atomic E-state index is 10.9. The fourth-order valence-corrected chi connectivity index (χ4v) is 2.25. The van der Waals surface area contributed by atoms with Crippen molar-refractivity contribution in [2.75, 3.05) is 5.32 Å². The quantitative estimate of drug-likeness (QED) is 0.671. The van der Waals surface area contributed by atoms with Gasteiger partial charge in [0.05, 0.1) is 4.92 Å². The van der Waals surface area contributed by atoms with Gasteiger partial charge in [-0.25, -0.2) is 4.98 Å². The fourth-order valence-electron chi connectivity index (χ4n) is 1.55. The number of nitrogens with one attached hydrogen (secondary N) is 1. The second kappa shape index (κ2) is 5.75. The largest absolute Gasteiger partial charge is 0.356 e. The lowest BCUT2D eigenvalue weighted by Crippen LogP contribution is -2.03. The normalized spacial score (nSPS) is 10.7. The van der Waals surface area contributed by atoms with Gasteiger partial charge in [0, 0.05) is 35.6 Å². The monoisotopic (exact) mass is 278 g/mol. The average molecular weight is 278 g/mol. The minimum absolute atomic E-state index is 0.114. The van der Waals surface area contributed by atoms with E-state index in [-0.39, 0.29) is 16.5 Å². The maximum absolute atomic E-state index is 10.9. The van der Waals surface area contributed by atoms with E-state index in [0.29, 0.717) is 17.2 Å². The molecule has 0 amide bonds. The van der Waals surface area contributed by atoms with Gasteiger partial charge in [0.1, 0.15) is 5.82 Å². The Hall–Kier alpha value is -2.02. The summed E-state index contributed by atoms with van der Waals surface area (Å²) in [6, 6.07) is 6.67. The number of aromatic nitrogens is 2. The van der Waals surface area contributed by atoms with Gasteiger partial charge in [0.25, 0.3) is 5.69 Å². The minimum Gasteiger partial charge on any atom is -0.356 e. The molecule has 1 heterocycles. The third-order valence-corrected chi connectivity index (χ3v) is 3.26. The highest BCUT2D eigenvalue weighted by atomic mass is 32.1. The fraction of sp³-hybridized carbons (Fsp3) is 0.333. The Balaban J connectivity index is 2.08. The Morgan fingerprint density at radius 2 is 2.16 bits per heavy atom. The molecular weight excluding hydrogens is 264 g/mol. The Labute approximate surface area is 114 Å². The summed E-state index contributed by atoms with van der Waals surface area (Å²) in [6.45, 7) is 4.41.